The van der Waals surface area contributed by atoms with Crippen LogP contribution in [0.15, 0.2) is 46.4 Å². The summed E-state index contributed by atoms with van der Waals surface area (Å²) in [4.78, 5) is 12.4. The van der Waals surface area contributed by atoms with Crippen LogP contribution in [-0.4, -0.2) is 19.1 Å². The van der Waals surface area contributed by atoms with Gasteiger partial charge in [-0.25, -0.2) is 0 Å². The highest BCUT2D eigenvalue weighted by Gasteiger charge is 2.14. The van der Waals surface area contributed by atoms with Crippen molar-refractivity contribution in [2.45, 2.75) is 6.92 Å². The highest BCUT2D eigenvalue weighted by Crippen LogP contribution is 2.37. The number of ether oxygens (including phenoxy) is 2. The second-order valence-electron chi connectivity index (χ2n) is 5.34. The number of anilines is 1. The molecule has 0 saturated heterocycles. The lowest BCUT2D eigenvalue weighted by molar-refractivity contribution is -0.112. The first-order chi connectivity index (χ1) is 13.5. The molecule has 0 atom stereocenters. The van der Waals surface area contributed by atoms with Crippen molar-refractivity contribution in [3.05, 3.63) is 57.0 Å². The number of nitriles is 2. The van der Waals surface area contributed by atoms with Gasteiger partial charge in [0.05, 0.1) is 11.6 Å². The third-order valence-corrected chi connectivity index (χ3v) is 4.15. The molecule has 0 unspecified atom stereocenters. The van der Waals surface area contributed by atoms with Crippen LogP contribution >= 0.6 is 27.5 Å². The quantitative estimate of drug-likeness (QED) is 0.466. The van der Waals surface area contributed by atoms with E-state index in [4.69, 9.17) is 26.3 Å². The summed E-state index contributed by atoms with van der Waals surface area (Å²) in [6.07, 6.45) is 1.40. The standard InChI is InChI=1S/C20H15BrClN3O3/c1-2-27-18-10-13(9-17(22)19(18)28-7-6-23)8-14(12-24)20(26)25-16-5-3-4-15(21)11-16/h3-5,8-11H,2,7H2,1H3,(H,25,26)/b14-8-. The Hall–Kier alpha value is -3.00. The summed E-state index contributed by atoms with van der Waals surface area (Å²) in [5.41, 5.74) is 0.927. The molecule has 0 saturated carbocycles. The van der Waals surface area contributed by atoms with Crippen molar-refractivity contribution in [3.8, 4) is 23.6 Å². The fourth-order valence-corrected chi connectivity index (χ4v) is 2.93. The first-order valence-electron chi connectivity index (χ1n) is 8.13. The van der Waals surface area contributed by atoms with E-state index in [9.17, 15) is 10.1 Å². The number of rotatable bonds is 7. The van der Waals surface area contributed by atoms with E-state index in [1.165, 1.54) is 12.1 Å². The van der Waals surface area contributed by atoms with Crippen LogP contribution in [0.5, 0.6) is 11.5 Å². The van der Waals surface area contributed by atoms with Crippen LogP contribution in [0.1, 0.15) is 12.5 Å². The SMILES string of the molecule is CCOc1cc(/C=C(/C#N)C(=O)Nc2cccc(Br)c2)cc(Cl)c1OCC#N. The van der Waals surface area contributed by atoms with E-state index in [0.717, 1.165) is 4.47 Å². The monoisotopic (exact) mass is 459 g/mol. The summed E-state index contributed by atoms with van der Waals surface area (Å²) in [6, 6.07) is 13.9. The fourth-order valence-electron chi connectivity index (χ4n) is 2.26. The lowest BCUT2D eigenvalue weighted by atomic mass is 10.1. The zero-order chi connectivity index (χ0) is 20.5. The van der Waals surface area contributed by atoms with Crippen LogP contribution < -0.4 is 14.8 Å². The van der Waals surface area contributed by atoms with Gasteiger partial charge in [-0.05, 0) is 48.9 Å². The van der Waals surface area contributed by atoms with Gasteiger partial charge in [0.1, 0.15) is 17.7 Å². The molecular weight excluding hydrogens is 446 g/mol. The Morgan fingerprint density at radius 2 is 2.07 bits per heavy atom. The summed E-state index contributed by atoms with van der Waals surface area (Å²) in [6.45, 7) is 1.95. The third kappa shape index (κ3) is 5.75. The van der Waals surface area contributed by atoms with Crippen LogP contribution in [0.4, 0.5) is 5.69 Å². The van der Waals surface area contributed by atoms with Crippen LogP contribution in [0.2, 0.25) is 5.02 Å². The van der Waals surface area contributed by atoms with Gasteiger partial charge in [0.25, 0.3) is 5.91 Å². The normalized spacial score (nSPS) is 10.5. The lowest BCUT2D eigenvalue weighted by Gasteiger charge is -2.13. The van der Waals surface area contributed by atoms with Crippen molar-refractivity contribution < 1.29 is 14.3 Å². The van der Waals surface area contributed by atoms with Crippen LogP contribution in [0.25, 0.3) is 6.08 Å². The molecule has 8 heteroatoms. The predicted octanol–water partition coefficient (Wildman–Crippen LogP) is 4.95. The number of benzene rings is 2. The molecular formula is C20H15BrClN3O3. The van der Waals surface area contributed by atoms with E-state index in [1.54, 1.807) is 31.2 Å². The third-order valence-electron chi connectivity index (χ3n) is 3.37. The van der Waals surface area contributed by atoms with E-state index in [2.05, 4.69) is 21.2 Å². The van der Waals surface area contributed by atoms with Gasteiger partial charge < -0.3 is 14.8 Å². The van der Waals surface area contributed by atoms with Crippen molar-refractivity contribution in [1.29, 1.82) is 10.5 Å². The van der Waals surface area contributed by atoms with Crippen molar-refractivity contribution in [1.82, 2.24) is 0 Å². The molecule has 0 radical (unpaired) electrons. The second-order valence-corrected chi connectivity index (χ2v) is 6.67. The van der Waals surface area contributed by atoms with E-state index in [0.29, 0.717) is 23.6 Å². The van der Waals surface area contributed by atoms with Crippen LogP contribution in [0, 0.1) is 22.7 Å². The van der Waals surface area contributed by atoms with Gasteiger partial charge in [0, 0.05) is 10.2 Å². The molecule has 1 N–H and O–H groups in total. The second kappa shape index (κ2) is 10.4. The van der Waals surface area contributed by atoms with E-state index >= 15 is 0 Å². The summed E-state index contributed by atoms with van der Waals surface area (Å²) in [7, 11) is 0. The lowest BCUT2D eigenvalue weighted by Crippen LogP contribution is -2.13. The molecule has 2 rings (SSSR count). The molecule has 2 aromatic rings. The summed E-state index contributed by atoms with van der Waals surface area (Å²) in [5.74, 6) is -0.0000103. The molecule has 1 amide bonds. The smallest absolute Gasteiger partial charge is 0.266 e. The van der Waals surface area contributed by atoms with E-state index in [1.807, 2.05) is 18.2 Å². The van der Waals surface area contributed by atoms with Gasteiger partial charge in [-0.15, -0.1) is 0 Å². The molecule has 0 bridgehead atoms. The largest absolute Gasteiger partial charge is 0.490 e. The first-order valence-corrected chi connectivity index (χ1v) is 9.30. The molecule has 0 aliphatic carbocycles. The van der Waals surface area contributed by atoms with Gasteiger partial charge in [-0.1, -0.05) is 33.6 Å². The Morgan fingerprint density at radius 3 is 2.71 bits per heavy atom. The number of halogens is 2. The molecule has 0 aromatic heterocycles. The maximum Gasteiger partial charge on any atom is 0.266 e. The minimum atomic E-state index is -0.556. The van der Waals surface area contributed by atoms with E-state index < -0.39 is 5.91 Å². The zero-order valence-corrected chi connectivity index (χ0v) is 17.2. The van der Waals surface area contributed by atoms with Gasteiger partial charge in [0.2, 0.25) is 0 Å². The minimum absolute atomic E-state index is 0.107. The number of hydrogen-bond acceptors (Lipinski definition) is 5. The van der Waals surface area contributed by atoms with Gasteiger partial charge in [0.15, 0.2) is 18.1 Å². The van der Waals surface area contributed by atoms with Gasteiger partial charge >= 0.3 is 0 Å². The number of hydrogen-bond donors (Lipinski definition) is 1. The average molecular weight is 461 g/mol. The summed E-state index contributed by atoms with van der Waals surface area (Å²) in [5, 5.41) is 21.0. The van der Waals surface area contributed by atoms with Gasteiger partial charge in [-0.3, -0.25) is 4.79 Å². The highest BCUT2D eigenvalue weighted by molar-refractivity contribution is 9.10. The van der Waals surface area contributed by atoms with Crippen LogP contribution in [-0.2, 0) is 4.79 Å². The number of carbonyl (C=O) groups excluding carboxylic acids is 1. The summed E-state index contributed by atoms with van der Waals surface area (Å²) >= 11 is 9.55. The van der Waals surface area contributed by atoms with Crippen molar-refractivity contribution in [2.75, 3.05) is 18.5 Å². The molecule has 0 heterocycles. The molecule has 0 aliphatic heterocycles. The van der Waals surface area contributed by atoms with Gasteiger partial charge in [-0.2, -0.15) is 10.5 Å². The Labute approximate surface area is 176 Å². The molecule has 0 fully saturated rings. The topological polar surface area (TPSA) is 95.1 Å². The van der Waals surface area contributed by atoms with Crippen molar-refractivity contribution in [3.63, 3.8) is 0 Å². The Bertz CT molecular complexity index is 993. The van der Waals surface area contributed by atoms with Crippen molar-refractivity contribution >= 4 is 45.2 Å². The van der Waals surface area contributed by atoms with Crippen molar-refractivity contribution in [2.24, 2.45) is 0 Å². The number of amides is 1. The minimum Gasteiger partial charge on any atom is -0.490 e. The molecule has 0 spiro atoms. The Kier molecular flexibility index (Phi) is 7.88. The summed E-state index contributed by atoms with van der Waals surface area (Å²) < 4.78 is 11.6. The maximum atomic E-state index is 12.4. The number of nitrogens with one attached hydrogen (secondary N) is 1. The average Bonchev–Trinajstić information content (AvgIpc) is 2.65. The molecule has 0 aliphatic rings. The molecule has 6 nitrogen and oxygen atoms in total. The predicted molar refractivity (Wildman–Crippen MR) is 110 cm³/mol. The number of nitrogens with zero attached hydrogens (tertiary/aromatic N) is 2. The number of carbonyl (C=O) groups is 1. The van der Waals surface area contributed by atoms with Crippen LogP contribution in [0.3, 0.4) is 0 Å². The first kappa shape index (κ1) is 21.3. The Morgan fingerprint density at radius 1 is 1.29 bits per heavy atom. The zero-order valence-electron chi connectivity index (χ0n) is 14.8. The highest BCUT2D eigenvalue weighted by atomic mass is 79.9. The Balaban J connectivity index is 2.33. The maximum absolute atomic E-state index is 12.4. The molecule has 2 aromatic carbocycles. The van der Waals surface area contributed by atoms with E-state index in [-0.39, 0.29) is 23.0 Å². The molecule has 142 valence electrons. The molecule has 28 heavy (non-hydrogen) atoms. The fraction of sp³-hybridized carbons (Fsp3) is 0.150.